The van der Waals surface area contributed by atoms with E-state index in [0.717, 1.165) is 6.07 Å². The van der Waals surface area contributed by atoms with Crippen molar-refractivity contribution in [1.82, 2.24) is 4.31 Å². The molecule has 152 valence electrons. The molecule has 0 heterocycles. The minimum Gasteiger partial charge on any atom is -0.322 e. The van der Waals surface area contributed by atoms with Crippen LogP contribution in [0.5, 0.6) is 0 Å². The van der Waals surface area contributed by atoms with E-state index in [4.69, 9.17) is 0 Å². The average Bonchev–Trinajstić information content (AvgIpc) is 2.65. The van der Waals surface area contributed by atoms with Crippen molar-refractivity contribution in [2.45, 2.75) is 25.7 Å². The lowest BCUT2D eigenvalue weighted by Crippen LogP contribution is -2.30. The SMILES string of the molecule is CCN(CC)S(=O)(=O)c1ccc(C)c(NC(=O)c2cc(F)c(F)c(F)c2F)c1. The summed E-state index contributed by atoms with van der Waals surface area (Å²) in [4.78, 5) is 12.1. The number of nitrogens with zero attached hydrogens (tertiary/aromatic N) is 1. The van der Waals surface area contributed by atoms with E-state index in [0.29, 0.717) is 5.56 Å². The summed E-state index contributed by atoms with van der Waals surface area (Å²) >= 11 is 0. The summed E-state index contributed by atoms with van der Waals surface area (Å²) in [6.45, 7) is 5.34. The maximum absolute atomic E-state index is 13.8. The van der Waals surface area contributed by atoms with Gasteiger partial charge < -0.3 is 5.32 Å². The Morgan fingerprint density at radius 3 is 2.18 bits per heavy atom. The highest BCUT2D eigenvalue weighted by molar-refractivity contribution is 7.89. The standard InChI is InChI=1S/C18H18F4N2O3S/c1-4-24(5-2)28(26,27)11-7-6-10(3)14(8-11)23-18(25)12-9-13(19)16(21)17(22)15(12)20/h6-9H,4-5H2,1-3H3,(H,23,25). The fourth-order valence-corrected chi connectivity index (χ4v) is 4.02. The number of rotatable bonds is 6. The monoisotopic (exact) mass is 418 g/mol. The Labute approximate surface area is 160 Å². The lowest BCUT2D eigenvalue weighted by Gasteiger charge is -2.19. The third kappa shape index (κ3) is 4.02. The van der Waals surface area contributed by atoms with Crippen molar-refractivity contribution in [2.24, 2.45) is 0 Å². The predicted molar refractivity (Wildman–Crippen MR) is 95.5 cm³/mol. The Kier molecular flexibility index (Phi) is 6.45. The van der Waals surface area contributed by atoms with Gasteiger partial charge in [0.25, 0.3) is 5.91 Å². The third-order valence-corrected chi connectivity index (χ3v) is 6.19. The maximum atomic E-state index is 13.8. The molecule has 0 saturated heterocycles. The van der Waals surface area contributed by atoms with Gasteiger partial charge in [-0.05, 0) is 30.7 Å². The molecule has 28 heavy (non-hydrogen) atoms. The molecule has 0 aromatic heterocycles. The van der Waals surface area contributed by atoms with Crippen molar-refractivity contribution in [1.29, 1.82) is 0 Å². The number of carbonyl (C=O) groups excluding carboxylic acids is 1. The number of nitrogens with one attached hydrogen (secondary N) is 1. The zero-order valence-corrected chi connectivity index (χ0v) is 16.1. The van der Waals surface area contributed by atoms with Gasteiger partial charge in [-0.1, -0.05) is 19.9 Å². The first-order chi connectivity index (χ1) is 13.0. The number of sulfonamides is 1. The second kappa shape index (κ2) is 8.27. The molecular formula is C18H18F4N2O3S. The second-order valence-corrected chi connectivity index (χ2v) is 7.81. The van der Waals surface area contributed by atoms with Crippen LogP contribution in [0.1, 0.15) is 29.8 Å². The number of amides is 1. The summed E-state index contributed by atoms with van der Waals surface area (Å²) in [7, 11) is -3.83. The first-order valence-corrected chi connectivity index (χ1v) is 9.73. The molecule has 5 nitrogen and oxygen atoms in total. The second-order valence-electron chi connectivity index (χ2n) is 5.87. The summed E-state index contributed by atoms with van der Waals surface area (Å²) < 4.78 is 80.0. The Bertz CT molecular complexity index is 1020. The minimum atomic E-state index is -3.83. The summed E-state index contributed by atoms with van der Waals surface area (Å²) in [6.07, 6.45) is 0. The van der Waals surface area contributed by atoms with Crippen molar-refractivity contribution in [2.75, 3.05) is 18.4 Å². The van der Waals surface area contributed by atoms with Gasteiger partial charge in [0, 0.05) is 18.8 Å². The van der Waals surface area contributed by atoms with Gasteiger partial charge in [0.05, 0.1) is 10.5 Å². The summed E-state index contributed by atoms with van der Waals surface area (Å²) in [5.41, 5.74) is -0.620. The number of carbonyl (C=O) groups is 1. The lowest BCUT2D eigenvalue weighted by atomic mass is 10.1. The Morgan fingerprint density at radius 1 is 1.00 bits per heavy atom. The maximum Gasteiger partial charge on any atom is 0.258 e. The number of hydrogen-bond acceptors (Lipinski definition) is 3. The van der Waals surface area contributed by atoms with Gasteiger partial charge in [-0.3, -0.25) is 4.79 Å². The van der Waals surface area contributed by atoms with Crippen LogP contribution in [0.3, 0.4) is 0 Å². The van der Waals surface area contributed by atoms with Crippen LogP contribution in [-0.4, -0.2) is 31.7 Å². The first kappa shape index (κ1) is 21.8. The van der Waals surface area contributed by atoms with E-state index in [9.17, 15) is 30.8 Å². The molecule has 2 aromatic rings. The van der Waals surface area contributed by atoms with E-state index in [1.165, 1.54) is 16.4 Å². The highest BCUT2D eigenvalue weighted by Gasteiger charge is 2.25. The van der Waals surface area contributed by atoms with Gasteiger partial charge in [-0.25, -0.2) is 26.0 Å². The zero-order chi connectivity index (χ0) is 21.2. The molecule has 0 bridgehead atoms. The number of benzene rings is 2. The number of aryl methyl sites for hydroxylation is 1. The van der Waals surface area contributed by atoms with Gasteiger partial charge in [0.15, 0.2) is 23.3 Å². The molecule has 0 aliphatic heterocycles. The van der Waals surface area contributed by atoms with Crippen LogP contribution in [0.25, 0.3) is 0 Å². The Hall–Kier alpha value is -2.46. The van der Waals surface area contributed by atoms with Crippen molar-refractivity contribution >= 4 is 21.6 Å². The van der Waals surface area contributed by atoms with Gasteiger partial charge in [0.2, 0.25) is 10.0 Å². The van der Waals surface area contributed by atoms with Crippen molar-refractivity contribution in [3.05, 3.63) is 58.7 Å². The molecule has 1 amide bonds. The predicted octanol–water partition coefficient (Wildman–Crippen LogP) is 3.83. The molecule has 0 atom stereocenters. The van der Waals surface area contributed by atoms with Crippen LogP contribution in [0, 0.1) is 30.2 Å². The van der Waals surface area contributed by atoms with Crippen LogP contribution in [0.4, 0.5) is 23.2 Å². The lowest BCUT2D eigenvalue weighted by molar-refractivity contribution is 0.102. The van der Waals surface area contributed by atoms with Crippen LogP contribution in [0.2, 0.25) is 0 Å². The average molecular weight is 418 g/mol. The summed E-state index contributed by atoms with van der Waals surface area (Å²) in [6, 6.07) is 4.16. The van der Waals surface area contributed by atoms with E-state index >= 15 is 0 Å². The number of anilines is 1. The summed E-state index contributed by atoms with van der Waals surface area (Å²) in [5.74, 6) is -8.97. The van der Waals surface area contributed by atoms with Crippen LogP contribution >= 0.6 is 0 Å². The van der Waals surface area contributed by atoms with Crippen LogP contribution in [-0.2, 0) is 10.0 Å². The molecule has 0 aliphatic rings. The highest BCUT2D eigenvalue weighted by Crippen LogP contribution is 2.25. The largest absolute Gasteiger partial charge is 0.322 e. The van der Waals surface area contributed by atoms with E-state index in [-0.39, 0.29) is 29.7 Å². The first-order valence-electron chi connectivity index (χ1n) is 8.29. The summed E-state index contributed by atoms with van der Waals surface area (Å²) in [5, 5.41) is 2.21. The van der Waals surface area contributed by atoms with Crippen LogP contribution in [0.15, 0.2) is 29.2 Å². The molecule has 0 fully saturated rings. The van der Waals surface area contributed by atoms with Gasteiger partial charge in [0.1, 0.15) is 0 Å². The van der Waals surface area contributed by atoms with E-state index in [2.05, 4.69) is 5.32 Å². The molecule has 2 rings (SSSR count). The topological polar surface area (TPSA) is 66.5 Å². The van der Waals surface area contributed by atoms with Gasteiger partial charge in [-0.2, -0.15) is 4.31 Å². The van der Waals surface area contributed by atoms with E-state index < -0.39 is 44.8 Å². The van der Waals surface area contributed by atoms with Crippen molar-refractivity contribution < 1.29 is 30.8 Å². The molecule has 10 heteroatoms. The molecule has 0 aliphatic carbocycles. The number of hydrogen-bond donors (Lipinski definition) is 1. The van der Waals surface area contributed by atoms with Gasteiger partial charge >= 0.3 is 0 Å². The third-order valence-electron chi connectivity index (χ3n) is 4.15. The molecular weight excluding hydrogens is 400 g/mol. The molecule has 2 aromatic carbocycles. The molecule has 0 radical (unpaired) electrons. The highest BCUT2D eigenvalue weighted by atomic mass is 32.2. The molecule has 1 N–H and O–H groups in total. The Balaban J connectivity index is 2.44. The fourth-order valence-electron chi connectivity index (χ4n) is 2.54. The van der Waals surface area contributed by atoms with E-state index in [1.54, 1.807) is 20.8 Å². The smallest absolute Gasteiger partial charge is 0.258 e. The molecule has 0 unspecified atom stereocenters. The molecule has 0 spiro atoms. The molecule has 0 saturated carbocycles. The minimum absolute atomic E-state index is 0.00257. The fraction of sp³-hybridized carbons (Fsp3) is 0.278. The Morgan fingerprint density at radius 2 is 1.61 bits per heavy atom. The quantitative estimate of drug-likeness (QED) is 0.441. The van der Waals surface area contributed by atoms with Crippen molar-refractivity contribution in [3.8, 4) is 0 Å². The van der Waals surface area contributed by atoms with E-state index in [1.807, 2.05) is 0 Å². The van der Waals surface area contributed by atoms with Crippen molar-refractivity contribution in [3.63, 3.8) is 0 Å². The van der Waals surface area contributed by atoms with Crippen LogP contribution < -0.4 is 5.32 Å². The number of halogens is 4. The normalized spacial score (nSPS) is 11.7. The van der Waals surface area contributed by atoms with Gasteiger partial charge in [-0.15, -0.1) is 0 Å². The zero-order valence-electron chi connectivity index (χ0n) is 15.3.